The van der Waals surface area contributed by atoms with Crippen LogP contribution in [0.3, 0.4) is 0 Å². The van der Waals surface area contributed by atoms with Gasteiger partial charge in [-0.25, -0.2) is 0 Å². The van der Waals surface area contributed by atoms with Crippen molar-refractivity contribution in [1.29, 1.82) is 0 Å². The van der Waals surface area contributed by atoms with E-state index >= 15 is 0 Å². The lowest BCUT2D eigenvalue weighted by Gasteiger charge is -2.26. The van der Waals surface area contributed by atoms with Crippen molar-refractivity contribution in [1.82, 2.24) is 9.97 Å². The van der Waals surface area contributed by atoms with Crippen LogP contribution in [0, 0.1) is 0 Å². The molecule has 0 spiro atoms. The molecule has 0 aliphatic carbocycles. The van der Waals surface area contributed by atoms with Gasteiger partial charge >= 0.3 is 0 Å². The molecule has 0 saturated carbocycles. The molecule has 0 unspecified atom stereocenters. The molecular formula is C30H33N3O2. The SMILES string of the molecule is CCCCN(CCCC)c1cc(CC)c2c(=O)c3cc4[nH]c5ccccc5c(=O)c4cc3[nH]c2c1. The number of unbranched alkanes of at least 4 members (excludes halogenated alkanes) is 2. The average Bonchev–Trinajstić information content (AvgIpc) is 2.88. The fourth-order valence-electron chi connectivity index (χ4n) is 5.12. The first-order chi connectivity index (χ1) is 17.0. The van der Waals surface area contributed by atoms with Crippen LogP contribution in [0.1, 0.15) is 52.0 Å². The Hall–Kier alpha value is -3.60. The molecule has 0 aliphatic rings. The van der Waals surface area contributed by atoms with E-state index < -0.39 is 0 Å². The second-order valence-corrected chi connectivity index (χ2v) is 9.47. The van der Waals surface area contributed by atoms with Gasteiger partial charge in [0.25, 0.3) is 0 Å². The Labute approximate surface area is 204 Å². The number of hydrogen-bond acceptors (Lipinski definition) is 3. The molecule has 0 aliphatic heterocycles. The van der Waals surface area contributed by atoms with E-state index in [1.54, 1.807) is 0 Å². The summed E-state index contributed by atoms with van der Waals surface area (Å²) in [7, 11) is 0. The third-order valence-corrected chi connectivity index (χ3v) is 7.10. The second kappa shape index (κ2) is 9.57. The maximum atomic E-state index is 13.8. The summed E-state index contributed by atoms with van der Waals surface area (Å²) >= 11 is 0. The van der Waals surface area contributed by atoms with Gasteiger partial charge in [0.05, 0.1) is 16.6 Å². The van der Waals surface area contributed by atoms with E-state index in [0.29, 0.717) is 27.2 Å². The topological polar surface area (TPSA) is 69.0 Å². The van der Waals surface area contributed by atoms with Gasteiger partial charge in [0.15, 0.2) is 10.9 Å². The van der Waals surface area contributed by atoms with Crippen LogP contribution < -0.4 is 15.8 Å². The van der Waals surface area contributed by atoms with Gasteiger partial charge in [-0.05, 0) is 61.2 Å². The summed E-state index contributed by atoms with van der Waals surface area (Å²) in [4.78, 5) is 36.3. The minimum Gasteiger partial charge on any atom is -0.371 e. The van der Waals surface area contributed by atoms with Crippen LogP contribution in [-0.4, -0.2) is 23.1 Å². The number of anilines is 1. The average molecular weight is 468 g/mol. The van der Waals surface area contributed by atoms with Crippen molar-refractivity contribution in [2.24, 2.45) is 0 Å². The molecule has 2 heterocycles. The molecule has 0 radical (unpaired) electrons. The van der Waals surface area contributed by atoms with Gasteiger partial charge in [-0.1, -0.05) is 45.7 Å². The summed E-state index contributed by atoms with van der Waals surface area (Å²) in [6.07, 6.45) is 5.35. The van der Waals surface area contributed by atoms with Crippen molar-refractivity contribution in [2.45, 2.75) is 52.9 Å². The molecule has 5 aromatic rings. The van der Waals surface area contributed by atoms with E-state index in [2.05, 4.69) is 47.8 Å². The Bertz CT molecular complexity index is 1650. The molecule has 2 N–H and O–H groups in total. The summed E-state index contributed by atoms with van der Waals surface area (Å²) in [6, 6.07) is 15.5. The summed E-state index contributed by atoms with van der Waals surface area (Å²) < 4.78 is 0. The number of nitrogens with one attached hydrogen (secondary N) is 2. The third-order valence-electron chi connectivity index (χ3n) is 7.10. The number of aromatic amines is 2. The highest BCUT2D eigenvalue weighted by atomic mass is 16.1. The smallest absolute Gasteiger partial charge is 0.197 e. The molecule has 0 amide bonds. The number of hydrogen-bond donors (Lipinski definition) is 2. The van der Waals surface area contributed by atoms with Crippen molar-refractivity contribution >= 4 is 49.3 Å². The Kier molecular flexibility index (Phi) is 6.33. The first-order valence-corrected chi connectivity index (χ1v) is 12.9. The number of fused-ring (bicyclic) bond motifs is 4. The summed E-state index contributed by atoms with van der Waals surface area (Å²) in [5.41, 5.74) is 5.22. The maximum absolute atomic E-state index is 13.8. The zero-order valence-electron chi connectivity index (χ0n) is 20.8. The largest absolute Gasteiger partial charge is 0.371 e. The van der Waals surface area contributed by atoms with E-state index in [4.69, 9.17) is 0 Å². The highest BCUT2D eigenvalue weighted by Crippen LogP contribution is 2.28. The molecule has 5 nitrogen and oxygen atoms in total. The number of H-pyrrole nitrogens is 2. The van der Waals surface area contributed by atoms with Gasteiger partial charge < -0.3 is 14.9 Å². The van der Waals surface area contributed by atoms with Crippen molar-refractivity contribution < 1.29 is 0 Å². The van der Waals surface area contributed by atoms with Crippen LogP contribution in [0.4, 0.5) is 5.69 Å². The predicted molar refractivity (Wildman–Crippen MR) is 149 cm³/mol. The monoisotopic (exact) mass is 467 g/mol. The van der Waals surface area contributed by atoms with Crippen LogP contribution in [0.25, 0.3) is 43.6 Å². The molecule has 3 aromatic carbocycles. The lowest BCUT2D eigenvalue weighted by atomic mass is 10.0. The summed E-state index contributed by atoms with van der Waals surface area (Å²) in [6.45, 7) is 8.56. The minimum atomic E-state index is -0.0227. The van der Waals surface area contributed by atoms with Crippen molar-refractivity contribution in [3.8, 4) is 0 Å². The molecule has 5 rings (SSSR count). The summed E-state index contributed by atoms with van der Waals surface area (Å²) in [5.74, 6) is 0. The molecule has 35 heavy (non-hydrogen) atoms. The number of nitrogens with zero attached hydrogens (tertiary/aromatic N) is 1. The Balaban J connectivity index is 1.77. The molecule has 180 valence electrons. The first kappa shape index (κ1) is 23.2. The van der Waals surface area contributed by atoms with Crippen LogP contribution >= 0.6 is 0 Å². The van der Waals surface area contributed by atoms with Gasteiger partial charge in [0.2, 0.25) is 0 Å². The highest BCUT2D eigenvalue weighted by molar-refractivity contribution is 6.03. The van der Waals surface area contributed by atoms with Gasteiger partial charge in [0, 0.05) is 45.8 Å². The van der Waals surface area contributed by atoms with Crippen molar-refractivity contribution in [3.63, 3.8) is 0 Å². The van der Waals surface area contributed by atoms with Crippen molar-refractivity contribution in [3.05, 3.63) is 74.5 Å². The standard InChI is InChI=1S/C30H33N3O2/c1-4-7-13-33(14-8-5-2)20-15-19(6-3)28-27(16-20)32-26-17-22-25(18-23(26)30(28)35)31-24-12-10-9-11-21(24)29(22)34/h9-12,15-18H,4-8,13-14H2,1-3H3,(H,31,34)(H,32,35). The van der Waals surface area contributed by atoms with Crippen LogP contribution in [0.2, 0.25) is 0 Å². The van der Waals surface area contributed by atoms with E-state index in [1.165, 1.54) is 0 Å². The summed E-state index contributed by atoms with van der Waals surface area (Å²) in [5, 5.41) is 2.59. The fourth-order valence-corrected chi connectivity index (χ4v) is 5.12. The quantitative estimate of drug-likeness (QED) is 0.251. The number of aryl methyl sites for hydroxylation is 1. The van der Waals surface area contributed by atoms with Gasteiger partial charge in [-0.15, -0.1) is 0 Å². The van der Waals surface area contributed by atoms with Crippen LogP contribution in [0.5, 0.6) is 0 Å². The first-order valence-electron chi connectivity index (χ1n) is 12.9. The predicted octanol–water partition coefficient (Wildman–Crippen LogP) is 6.65. The number of benzene rings is 3. The Morgan fingerprint density at radius 2 is 1.31 bits per heavy atom. The molecular weight excluding hydrogens is 434 g/mol. The molecule has 0 fully saturated rings. The minimum absolute atomic E-state index is 0.0155. The molecule has 0 saturated heterocycles. The van der Waals surface area contributed by atoms with Crippen LogP contribution in [-0.2, 0) is 6.42 Å². The van der Waals surface area contributed by atoms with E-state index in [-0.39, 0.29) is 10.9 Å². The van der Waals surface area contributed by atoms with Crippen LogP contribution in [0.15, 0.2) is 58.1 Å². The van der Waals surface area contributed by atoms with E-state index in [9.17, 15) is 9.59 Å². The van der Waals surface area contributed by atoms with Gasteiger partial charge in [-0.3, -0.25) is 9.59 Å². The molecule has 0 bridgehead atoms. The number of aromatic nitrogens is 2. The van der Waals surface area contributed by atoms with Gasteiger partial charge in [0.1, 0.15) is 0 Å². The zero-order chi connectivity index (χ0) is 24.5. The van der Waals surface area contributed by atoms with E-state index in [0.717, 1.165) is 72.9 Å². The van der Waals surface area contributed by atoms with Crippen molar-refractivity contribution in [2.75, 3.05) is 18.0 Å². The number of rotatable bonds is 8. The number of para-hydroxylation sites is 1. The van der Waals surface area contributed by atoms with Gasteiger partial charge in [-0.2, -0.15) is 0 Å². The maximum Gasteiger partial charge on any atom is 0.197 e. The Morgan fingerprint density at radius 3 is 1.97 bits per heavy atom. The van der Waals surface area contributed by atoms with E-state index in [1.807, 2.05) is 36.4 Å². The molecule has 5 heteroatoms. The lowest BCUT2D eigenvalue weighted by Crippen LogP contribution is -2.26. The molecule has 2 aromatic heterocycles. The zero-order valence-corrected chi connectivity index (χ0v) is 20.8. The second-order valence-electron chi connectivity index (χ2n) is 9.47. The normalized spacial score (nSPS) is 11.7. The lowest BCUT2D eigenvalue weighted by molar-refractivity contribution is 0.678. The highest BCUT2D eigenvalue weighted by Gasteiger charge is 2.16. The Morgan fingerprint density at radius 1 is 0.686 bits per heavy atom. The number of pyridine rings is 2. The fraction of sp³-hybridized carbons (Fsp3) is 0.333. The molecule has 0 atom stereocenters. The third kappa shape index (κ3) is 4.09.